The molecule has 0 aromatic heterocycles. The molecule has 0 bridgehead atoms. The quantitative estimate of drug-likeness (QED) is 0.864. The Kier molecular flexibility index (Phi) is 4.73. The third-order valence-corrected chi connectivity index (χ3v) is 4.40. The zero-order valence-corrected chi connectivity index (χ0v) is 12.8. The monoisotopic (exact) mass is 260 g/mol. The zero-order valence-electron chi connectivity index (χ0n) is 12.8. The van der Waals surface area contributed by atoms with Gasteiger partial charge in [0.1, 0.15) is 0 Å². The summed E-state index contributed by atoms with van der Waals surface area (Å²) in [6, 6.07) is 9.26. The van der Waals surface area contributed by atoms with Gasteiger partial charge in [-0.15, -0.1) is 0 Å². The molecule has 2 nitrogen and oxygen atoms in total. The van der Waals surface area contributed by atoms with Crippen LogP contribution in [0.15, 0.2) is 24.3 Å². The van der Waals surface area contributed by atoms with Crippen LogP contribution in [-0.2, 0) is 0 Å². The first kappa shape index (κ1) is 14.2. The highest BCUT2D eigenvalue weighted by molar-refractivity contribution is 5.69. The summed E-state index contributed by atoms with van der Waals surface area (Å²) in [6.07, 6.45) is 5.40. The number of hydrogen-bond donors (Lipinski definition) is 1. The fourth-order valence-corrected chi connectivity index (χ4v) is 3.17. The van der Waals surface area contributed by atoms with Gasteiger partial charge >= 0.3 is 0 Å². The molecule has 106 valence electrons. The third kappa shape index (κ3) is 3.65. The smallest absolute Gasteiger partial charge is 0.0596 e. The molecule has 2 rings (SSSR count). The lowest BCUT2D eigenvalue weighted by molar-refractivity contribution is 0.264. The van der Waals surface area contributed by atoms with E-state index in [2.05, 4.69) is 62.4 Å². The summed E-state index contributed by atoms with van der Waals surface area (Å²) >= 11 is 0. The fourth-order valence-electron chi connectivity index (χ4n) is 3.17. The van der Waals surface area contributed by atoms with Crippen LogP contribution in [0, 0.1) is 11.8 Å². The van der Waals surface area contributed by atoms with Crippen molar-refractivity contribution < 1.29 is 0 Å². The Hall–Kier alpha value is -1.18. The lowest BCUT2D eigenvalue weighted by Gasteiger charge is -2.33. The van der Waals surface area contributed by atoms with Crippen molar-refractivity contribution in [2.75, 3.05) is 24.3 Å². The van der Waals surface area contributed by atoms with E-state index in [9.17, 15) is 0 Å². The van der Waals surface area contributed by atoms with Gasteiger partial charge in [0.15, 0.2) is 0 Å². The SMILES string of the molecule is CC(C)C1CCCC(Nc2ccccc2N(C)C)C1. The number of nitrogens with one attached hydrogen (secondary N) is 1. The van der Waals surface area contributed by atoms with E-state index < -0.39 is 0 Å². The lowest BCUT2D eigenvalue weighted by atomic mass is 9.79. The molecule has 1 aliphatic rings. The fraction of sp³-hybridized carbons (Fsp3) is 0.647. The summed E-state index contributed by atoms with van der Waals surface area (Å²) in [4.78, 5) is 2.19. The van der Waals surface area contributed by atoms with Crippen LogP contribution in [0.2, 0.25) is 0 Å². The van der Waals surface area contributed by atoms with E-state index in [0.29, 0.717) is 6.04 Å². The normalized spacial score (nSPS) is 23.4. The molecule has 1 N–H and O–H groups in total. The number of hydrogen-bond acceptors (Lipinski definition) is 2. The van der Waals surface area contributed by atoms with Crippen molar-refractivity contribution in [2.24, 2.45) is 11.8 Å². The summed E-state index contributed by atoms with van der Waals surface area (Å²) in [7, 11) is 4.22. The molecule has 0 amide bonds. The average molecular weight is 260 g/mol. The van der Waals surface area contributed by atoms with Gasteiger partial charge in [0.05, 0.1) is 11.4 Å². The Balaban J connectivity index is 2.04. The van der Waals surface area contributed by atoms with Crippen LogP contribution >= 0.6 is 0 Å². The topological polar surface area (TPSA) is 15.3 Å². The van der Waals surface area contributed by atoms with Gasteiger partial charge in [0.2, 0.25) is 0 Å². The van der Waals surface area contributed by atoms with Crippen molar-refractivity contribution in [2.45, 2.75) is 45.6 Å². The first-order valence-corrected chi connectivity index (χ1v) is 7.61. The Bertz CT molecular complexity index is 398. The summed E-state index contributed by atoms with van der Waals surface area (Å²) in [5.74, 6) is 1.70. The molecule has 19 heavy (non-hydrogen) atoms. The lowest BCUT2D eigenvalue weighted by Crippen LogP contribution is -2.30. The molecule has 2 unspecified atom stereocenters. The van der Waals surface area contributed by atoms with Crippen LogP contribution in [0.4, 0.5) is 11.4 Å². The average Bonchev–Trinajstić information content (AvgIpc) is 2.39. The maximum Gasteiger partial charge on any atom is 0.0596 e. The molecule has 1 saturated carbocycles. The summed E-state index contributed by atoms with van der Waals surface area (Å²) in [5.41, 5.74) is 2.57. The molecule has 0 heterocycles. The maximum absolute atomic E-state index is 3.77. The highest BCUT2D eigenvalue weighted by atomic mass is 15.1. The molecule has 0 radical (unpaired) electrons. The number of para-hydroxylation sites is 2. The number of anilines is 2. The molecule has 2 heteroatoms. The minimum absolute atomic E-state index is 0.641. The summed E-state index contributed by atoms with van der Waals surface area (Å²) < 4.78 is 0. The second-order valence-electron chi connectivity index (χ2n) is 6.42. The number of benzene rings is 1. The highest BCUT2D eigenvalue weighted by Gasteiger charge is 2.24. The minimum atomic E-state index is 0.641. The van der Waals surface area contributed by atoms with Crippen molar-refractivity contribution in [1.82, 2.24) is 0 Å². The van der Waals surface area contributed by atoms with E-state index in [0.717, 1.165) is 11.8 Å². The molecule has 0 saturated heterocycles. The molecular weight excluding hydrogens is 232 g/mol. The predicted octanol–water partition coefficient (Wildman–Crippen LogP) is 4.38. The van der Waals surface area contributed by atoms with Crippen LogP contribution in [-0.4, -0.2) is 20.1 Å². The van der Waals surface area contributed by atoms with E-state index in [1.54, 1.807) is 0 Å². The Labute approximate surface area is 118 Å². The highest BCUT2D eigenvalue weighted by Crippen LogP contribution is 2.33. The molecule has 0 spiro atoms. The van der Waals surface area contributed by atoms with Crippen LogP contribution in [0.1, 0.15) is 39.5 Å². The van der Waals surface area contributed by atoms with E-state index in [1.807, 2.05) is 0 Å². The van der Waals surface area contributed by atoms with Crippen molar-refractivity contribution in [3.05, 3.63) is 24.3 Å². The third-order valence-electron chi connectivity index (χ3n) is 4.40. The van der Waals surface area contributed by atoms with Gasteiger partial charge in [0, 0.05) is 20.1 Å². The van der Waals surface area contributed by atoms with Gasteiger partial charge in [-0.2, -0.15) is 0 Å². The van der Waals surface area contributed by atoms with Crippen LogP contribution < -0.4 is 10.2 Å². The molecular formula is C17H28N2. The molecule has 1 aliphatic carbocycles. The Morgan fingerprint density at radius 3 is 2.58 bits per heavy atom. The van der Waals surface area contributed by atoms with Crippen LogP contribution in [0.5, 0.6) is 0 Å². The molecule has 1 aromatic rings. The second-order valence-corrected chi connectivity index (χ2v) is 6.42. The largest absolute Gasteiger partial charge is 0.381 e. The van der Waals surface area contributed by atoms with Gasteiger partial charge < -0.3 is 10.2 Å². The van der Waals surface area contributed by atoms with Crippen molar-refractivity contribution in [1.29, 1.82) is 0 Å². The molecule has 1 aromatic carbocycles. The Morgan fingerprint density at radius 1 is 1.16 bits per heavy atom. The second kappa shape index (κ2) is 6.31. The van der Waals surface area contributed by atoms with Gasteiger partial charge in [-0.1, -0.05) is 38.8 Å². The standard InChI is InChI=1S/C17H28N2/c1-13(2)14-8-7-9-15(12-14)18-16-10-5-6-11-17(16)19(3)4/h5-6,10-11,13-15,18H,7-9,12H2,1-4H3. The molecule has 0 aliphatic heterocycles. The van der Waals surface area contributed by atoms with Gasteiger partial charge in [-0.05, 0) is 36.8 Å². The van der Waals surface area contributed by atoms with Crippen molar-refractivity contribution in [3.63, 3.8) is 0 Å². The van der Waals surface area contributed by atoms with Gasteiger partial charge in [0.25, 0.3) is 0 Å². The van der Waals surface area contributed by atoms with E-state index in [1.165, 1.54) is 37.1 Å². The number of nitrogens with zero attached hydrogens (tertiary/aromatic N) is 1. The molecule has 1 fully saturated rings. The van der Waals surface area contributed by atoms with Gasteiger partial charge in [-0.3, -0.25) is 0 Å². The summed E-state index contributed by atoms with van der Waals surface area (Å²) in [6.45, 7) is 4.72. The first-order chi connectivity index (χ1) is 9.08. The van der Waals surface area contributed by atoms with E-state index in [4.69, 9.17) is 0 Å². The predicted molar refractivity (Wildman–Crippen MR) is 85.0 cm³/mol. The maximum atomic E-state index is 3.77. The first-order valence-electron chi connectivity index (χ1n) is 7.61. The van der Waals surface area contributed by atoms with Crippen LogP contribution in [0.25, 0.3) is 0 Å². The van der Waals surface area contributed by atoms with Crippen molar-refractivity contribution >= 4 is 11.4 Å². The van der Waals surface area contributed by atoms with Crippen molar-refractivity contribution in [3.8, 4) is 0 Å². The van der Waals surface area contributed by atoms with Gasteiger partial charge in [-0.25, -0.2) is 0 Å². The molecule has 2 atom stereocenters. The number of rotatable bonds is 4. The Morgan fingerprint density at radius 2 is 1.89 bits per heavy atom. The van der Waals surface area contributed by atoms with Crippen LogP contribution in [0.3, 0.4) is 0 Å². The van der Waals surface area contributed by atoms with E-state index in [-0.39, 0.29) is 0 Å². The summed E-state index contributed by atoms with van der Waals surface area (Å²) in [5, 5.41) is 3.77. The van der Waals surface area contributed by atoms with E-state index >= 15 is 0 Å². The minimum Gasteiger partial charge on any atom is -0.381 e. The zero-order chi connectivity index (χ0) is 13.8.